The highest BCUT2D eigenvalue weighted by Gasteiger charge is 2.53. The number of esters is 1. The largest absolute Gasteiger partial charge is 0.460 e. The standard InChI is InChI=1S/C89H134N12O23/c1-58-18-12-11-13-19-59(2)74(110-8)53-68-24-21-64(7)89(109,124-68)83(106)86(107)100-29-16-14-20-70(100)87(108)122-75(54-71(102)60(3)49-63(6)81(105)82(112-10)80(104)62(5)48-58)61(4)50-65-22-25-73(76(51-65)111-9)121-47-46-120-56-67-55-99(98-96-67)31-33-114-35-37-116-39-41-118-43-45-119-44-42-117-40-38-115-36-34-113-32-27-77(103)92-28-15-17-30-101-85-78(84(90)93-57-94-85)79(97-101)66-23-26-72-69(52-66)95-88(91)123-72/h11-13,18-19,23,26,49,52,55,57-58,60-62,64-65,68,70,73-76,81-82,105,109H,14-17,20-22,24-25,27-48,50-51,53-54,56H2,1-10H3,(H2,91,95)(H,92,103)(H2,90,93,94)/b13-11?,18-12+,59-19?,63-49+/t58-,60-,61-,62-,64-,65+,68+,70+,73-,74+,75+,76-,81-,82+,89-/m1/s1. The number of aliphatic hydroxyl groups excluding tert-OH is 1. The molecule has 1 aliphatic carbocycles. The first-order valence-corrected chi connectivity index (χ1v) is 43.9. The number of nitrogens with two attached hydrogens (primary N) is 2. The lowest BCUT2D eigenvalue weighted by Crippen LogP contribution is -2.61. The molecule has 688 valence electrons. The zero-order chi connectivity index (χ0) is 88.9. The number of amides is 2. The first-order chi connectivity index (χ1) is 59.9. The molecule has 124 heavy (non-hydrogen) atoms. The van der Waals surface area contributed by atoms with Crippen LogP contribution in [0.5, 0.6) is 0 Å². The number of methoxy groups -OCH3 is 3. The fraction of sp³-hybridized carbons (Fsp3) is 0.685. The Balaban J connectivity index is 0.602. The fourth-order valence-electron chi connectivity index (χ4n) is 16.2. The van der Waals surface area contributed by atoms with Crippen LogP contribution in [0.15, 0.2) is 82.7 Å². The molecule has 2 saturated heterocycles. The Morgan fingerprint density at radius 3 is 2.12 bits per heavy atom. The second-order valence-corrected chi connectivity index (χ2v) is 32.8. The number of nitrogens with zero attached hydrogens (tertiary/aromatic N) is 9. The third kappa shape index (κ3) is 30.5. The Morgan fingerprint density at radius 1 is 0.734 bits per heavy atom. The number of piperidine rings is 1. The van der Waals surface area contributed by atoms with Gasteiger partial charge >= 0.3 is 5.97 Å². The number of hydrogen-bond donors (Lipinski definition) is 5. The molecule has 3 fully saturated rings. The van der Waals surface area contributed by atoms with Crippen molar-refractivity contribution in [3.05, 3.63) is 84.0 Å². The molecular weight excluding hydrogens is 1610 g/mol. The van der Waals surface area contributed by atoms with Crippen LogP contribution in [0.25, 0.3) is 33.4 Å². The van der Waals surface area contributed by atoms with E-state index < -0.39 is 77.8 Å². The van der Waals surface area contributed by atoms with E-state index in [1.54, 1.807) is 56.5 Å². The molecule has 0 radical (unpaired) electrons. The van der Waals surface area contributed by atoms with Gasteiger partial charge in [-0.1, -0.05) is 76.3 Å². The van der Waals surface area contributed by atoms with Crippen molar-refractivity contribution in [2.45, 2.75) is 219 Å². The second-order valence-electron chi connectivity index (χ2n) is 32.8. The Morgan fingerprint density at radius 2 is 1.43 bits per heavy atom. The van der Waals surface area contributed by atoms with Gasteiger partial charge in [0.2, 0.25) is 11.7 Å². The Bertz CT molecular complexity index is 4260. The van der Waals surface area contributed by atoms with Crippen molar-refractivity contribution in [3.8, 4) is 11.3 Å². The number of oxazole rings is 1. The molecule has 1 saturated carbocycles. The van der Waals surface area contributed by atoms with Crippen molar-refractivity contribution in [3.63, 3.8) is 0 Å². The Hall–Kier alpha value is -8.24. The summed E-state index contributed by atoms with van der Waals surface area (Å²) in [6.07, 6.45) is 16.3. The maximum absolute atomic E-state index is 14.8. The number of benzene rings is 1. The third-order valence-electron chi connectivity index (χ3n) is 23.4. The second kappa shape index (κ2) is 52.1. The number of ether oxygens (including phenoxy) is 14. The molecule has 35 nitrogen and oxygen atoms in total. The first kappa shape index (κ1) is 99.5. The number of nitrogen functional groups attached to an aromatic ring is 2. The van der Waals surface area contributed by atoms with E-state index in [-0.39, 0.29) is 92.5 Å². The SMILES string of the molecule is CO[C@H]1C[C@@H]2CC[C@@H](C)[C@@](O)(O2)C(=O)C(=O)N2CCCC[C@H]2C(=O)O[C@H]([C@H](C)C[C@@H]2CC[C@@H](OCCOCc3cn(CCOCCOCCOCCOCCOCCOCCOCCC(=O)NCCCCn4nc(-c5ccc6oc(N)nc6c5)c5c(N)ncnc54)nn3)[C@H](OC)C2)CC(=O)[C@H](C)/C=C(\C)[C@@H](O)[C@@H](OC)C(=O)[C@H](C)C[C@H](C)/C=C/C=CC=C1C. The molecule has 35 heteroatoms. The number of rotatable bonds is 42. The number of anilines is 2. The number of aryl methyl sites for hydroxylation is 1. The average molecular weight is 1740 g/mol. The molecule has 0 unspecified atom stereocenters. The lowest BCUT2D eigenvalue weighted by Gasteiger charge is -2.42. The van der Waals surface area contributed by atoms with E-state index in [0.29, 0.717) is 221 Å². The summed E-state index contributed by atoms with van der Waals surface area (Å²) in [6, 6.07) is 4.39. The van der Waals surface area contributed by atoms with Crippen molar-refractivity contribution in [2.24, 2.45) is 35.5 Å². The molecule has 4 aromatic heterocycles. The molecule has 7 N–H and O–H groups in total. The van der Waals surface area contributed by atoms with Gasteiger partial charge in [0.15, 0.2) is 17.0 Å². The maximum Gasteiger partial charge on any atom is 0.329 e. The highest BCUT2D eigenvalue weighted by molar-refractivity contribution is 6.39. The number of ketones is 3. The van der Waals surface area contributed by atoms with E-state index in [0.717, 1.165) is 30.4 Å². The van der Waals surface area contributed by atoms with Gasteiger partial charge in [0, 0.05) is 83.5 Å². The normalized spacial score (nSPS) is 26.2. The lowest BCUT2D eigenvalue weighted by atomic mass is 9.78. The molecule has 3 aliphatic heterocycles. The van der Waals surface area contributed by atoms with Crippen molar-refractivity contribution in [1.82, 2.24) is 49.9 Å². The molecule has 2 bridgehead atoms. The van der Waals surface area contributed by atoms with Crippen molar-refractivity contribution in [1.29, 1.82) is 0 Å². The lowest BCUT2D eigenvalue weighted by molar-refractivity contribution is -0.265. The predicted octanol–water partition coefficient (Wildman–Crippen LogP) is 8.23. The summed E-state index contributed by atoms with van der Waals surface area (Å²) in [5, 5.41) is 40.7. The van der Waals surface area contributed by atoms with Crippen LogP contribution >= 0.6 is 0 Å². The van der Waals surface area contributed by atoms with E-state index in [2.05, 4.69) is 30.6 Å². The minimum Gasteiger partial charge on any atom is -0.460 e. The number of aliphatic hydroxyl groups is 2. The van der Waals surface area contributed by atoms with Crippen LogP contribution in [-0.4, -0.2) is 285 Å². The van der Waals surface area contributed by atoms with E-state index in [1.165, 1.54) is 18.3 Å². The summed E-state index contributed by atoms with van der Waals surface area (Å²) in [7, 11) is 4.61. The van der Waals surface area contributed by atoms with E-state index in [1.807, 2.05) is 76.4 Å². The summed E-state index contributed by atoms with van der Waals surface area (Å²) in [5.41, 5.74) is 17.1. The maximum atomic E-state index is 14.8. The van der Waals surface area contributed by atoms with E-state index in [9.17, 15) is 39.0 Å². The molecule has 2 amide bonds. The van der Waals surface area contributed by atoms with Gasteiger partial charge < -0.3 is 103 Å². The number of Topliss-reactive ketones (excluding diaryl/α,β-unsaturated/α-hetero) is 3. The van der Waals surface area contributed by atoms with E-state index >= 15 is 0 Å². The number of unbranched alkanes of at least 4 members (excludes halogenated alkanes) is 1. The van der Waals surface area contributed by atoms with Crippen LogP contribution in [-0.2, 0) is 115 Å². The Kier molecular flexibility index (Phi) is 41.9. The van der Waals surface area contributed by atoms with Crippen LogP contribution in [0.1, 0.15) is 150 Å². The highest BCUT2D eigenvalue weighted by Crippen LogP contribution is 2.39. The molecule has 9 rings (SSSR count). The Labute approximate surface area is 726 Å². The third-order valence-corrected chi connectivity index (χ3v) is 23.4. The van der Waals surface area contributed by atoms with Crippen LogP contribution in [0.3, 0.4) is 0 Å². The number of hydrogen-bond acceptors (Lipinski definition) is 31. The highest BCUT2D eigenvalue weighted by atomic mass is 16.6. The van der Waals surface area contributed by atoms with Crippen molar-refractivity contribution >= 4 is 69.1 Å². The van der Waals surface area contributed by atoms with Gasteiger partial charge in [-0.3, -0.25) is 24.0 Å². The molecule has 1 aromatic carbocycles. The van der Waals surface area contributed by atoms with Crippen LogP contribution < -0.4 is 16.8 Å². The molecule has 0 spiro atoms. The quantitative estimate of drug-likeness (QED) is 0.0106. The van der Waals surface area contributed by atoms with Crippen LogP contribution in [0.4, 0.5) is 11.8 Å². The predicted molar refractivity (Wildman–Crippen MR) is 458 cm³/mol. The van der Waals surface area contributed by atoms with Gasteiger partial charge in [0.05, 0.1) is 155 Å². The summed E-state index contributed by atoms with van der Waals surface area (Å²) in [6.45, 7) is 20.7. The topological polar surface area (TPSA) is 440 Å². The number of carbonyl (C=O) groups is 6. The van der Waals surface area contributed by atoms with Gasteiger partial charge in [0.1, 0.15) is 59.2 Å². The number of nitrogens with one attached hydrogen (secondary N) is 1. The first-order valence-electron chi connectivity index (χ1n) is 43.9. The number of aromatic nitrogens is 8. The van der Waals surface area contributed by atoms with Crippen molar-refractivity contribution in [2.75, 3.05) is 152 Å². The fourth-order valence-corrected chi connectivity index (χ4v) is 16.2. The summed E-state index contributed by atoms with van der Waals surface area (Å²) < 4.78 is 90.8. The molecular formula is C89H134N12O23. The van der Waals surface area contributed by atoms with Crippen LogP contribution in [0, 0.1) is 35.5 Å². The molecule has 7 heterocycles. The smallest absolute Gasteiger partial charge is 0.329 e. The molecule has 15 atom stereocenters. The van der Waals surface area contributed by atoms with Gasteiger partial charge in [0.25, 0.3) is 17.7 Å². The van der Waals surface area contributed by atoms with E-state index in [4.69, 9.17) is 87.3 Å². The van der Waals surface area contributed by atoms with Crippen LogP contribution in [0.2, 0.25) is 0 Å². The number of fused-ring (bicyclic) bond motifs is 5. The average Bonchev–Trinajstić information content (AvgIpc) is 1.36. The zero-order valence-corrected chi connectivity index (χ0v) is 74.0. The van der Waals surface area contributed by atoms with Gasteiger partial charge in [-0.2, -0.15) is 10.1 Å². The van der Waals surface area contributed by atoms with Gasteiger partial charge in [-0.25, -0.2) is 24.1 Å². The molecule has 4 aliphatic rings. The number of cyclic esters (lactones) is 1. The van der Waals surface area contributed by atoms with Gasteiger partial charge in [-0.05, 0) is 138 Å². The summed E-state index contributed by atoms with van der Waals surface area (Å²) >= 11 is 0. The molecule has 5 aromatic rings. The summed E-state index contributed by atoms with van der Waals surface area (Å²) in [5.74, 6) is -8.08. The zero-order valence-electron chi connectivity index (χ0n) is 74.0. The monoisotopic (exact) mass is 1740 g/mol. The minimum atomic E-state index is -2.47. The number of allylic oxidation sites excluding steroid dienone is 6. The van der Waals surface area contributed by atoms with Gasteiger partial charge in [-0.15, -0.1) is 5.10 Å². The van der Waals surface area contributed by atoms with Crippen molar-refractivity contribution < 1.29 is 110 Å². The minimum absolute atomic E-state index is 0.00906. The number of carbonyl (C=O) groups excluding carboxylic acids is 6. The summed E-state index contributed by atoms with van der Waals surface area (Å²) in [4.78, 5) is 98.7.